The Bertz CT molecular complexity index is 1260. The number of carbonyl (C=O) groups excluding carboxylic acids is 1. The molecule has 3 rings (SSSR count). The molecule has 11 heteroatoms. The highest BCUT2D eigenvalue weighted by molar-refractivity contribution is 7.92. The van der Waals surface area contributed by atoms with Gasteiger partial charge in [0.1, 0.15) is 17.2 Å². The van der Waals surface area contributed by atoms with Crippen LogP contribution < -0.4 is 19.1 Å². The minimum Gasteiger partial charge on any atom is -0.497 e. The van der Waals surface area contributed by atoms with E-state index in [1.165, 1.54) is 56.6 Å². The number of nitro benzene ring substituents is 1. The fraction of sp³-hybridized carbons (Fsp3) is 0.174. The van der Waals surface area contributed by atoms with Crippen molar-refractivity contribution in [1.29, 1.82) is 0 Å². The summed E-state index contributed by atoms with van der Waals surface area (Å²) in [5, 5.41) is 13.9. The Kier molecular flexibility index (Phi) is 7.69. The first-order chi connectivity index (χ1) is 16.2. The number of carbonyl (C=O) groups is 1. The van der Waals surface area contributed by atoms with Crippen molar-refractivity contribution in [2.24, 2.45) is 0 Å². The van der Waals surface area contributed by atoms with Crippen LogP contribution in [0.2, 0.25) is 0 Å². The normalized spacial score (nSPS) is 10.9. The predicted octanol–water partition coefficient (Wildman–Crippen LogP) is 3.84. The highest BCUT2D eigenvalue weighted by atomic mass is 32.2. The minimum atomic E-state index is -3.79. The molecule has 0 atom stereocenters. The first kappa shape index (κ1) is 24.5. The number of sulfonamides is 1. The Hall–Kier alpha value is -4.12. The second kappa shape index (κ2) is 10.7. The van der Waals surface area contributed by atoms with Crippen molar-refractivity contribution in [3.05, 3.63) is 82.9 Å². The van der Waals surface area contributed by atoms with Crippen LogP contribution in [0.15, 0.2) is 77.7 Å². The highest BCUT2D eigenvalue weighted by Gasteiger charge is 2.21. The predicted molar refractivity (Wildman–Crippen MR) is 127 cm³/mol. The molecule has 0 aliphatic carbocycles. The number of benzene rings is 3. The second-order valence-electron chi connectivity index (χ2n) is 7.07. The molecule has 0 unspecified atom stereocenters. The van der Waals surface area contributed by atoms with Crippen LogP contribution in [0.4, 0.5) is 17.1 Å². The van der Waals surface area contributed by atoms with E-state index < -0.39 is 20.9 Å². The van der Waals surface area contributed by atoms with E-state index in [1.54, 1.807) is 30.3 Å². The first-order valence-corrected chi connectivity index (χ1v) is 11.6. The van der Waals surface area contributed by atoms with Crippen LogP contribution in [-0.2, 0) is 14.8 Å². The van der Waals surface area contributed by atoms with Crippen molar-refractivity contribution in [1.82, 2.24) is 0 Å². The Morgan fingerprint density at radius 3 is 2.24 bits per heavy atom. The Morgan fingerprint density at radius 2 is 1.62 bits per heavy atom. The third kappa shape index (κ3) is 5.81. The summed E-state index contributed by atoms with van der Waals surface area (Å²) in [6.45, 7) is 0.143. The molecule has 0 aliphatic rings. The van der Waals surface area contributed by atoms with E-state index in [0.29, 0.717) is 17.1 Å². The van der Waals surface area contributed by atoms with Crippen LogP contribution in [0.3, 0.4) is 0 Å². The molecule has 0 spiro atoms. The van der Waals surface area contributed by atoms with Gasteiger partial charge in [-0.2, -0.15) is 0 Å². The van der Waals surface area contributed by atoms with Crippen LogP contribution in [0.25, 0.3) is 0 Å². The summed E-state index contributed by atoms with van der Waals surface area (Å²) >= 11 is 0. The standard InChI is InChI=1S/C23H23N3O7S/c1-25(34(30,31)20-13-11-18(32-2)12-14-20)17-7-9-19(10-8-17)33-23(27)15-16-24-21-5-3-4-6-22(21)26(28)29/h3-14,24H,15-16H2,1-2H3. The Balaban J connectivity index is 1.57. The van der Waals surface area contributed by atoms with Gasteiger partial charge in [0.25, 0.3) is 15.7 Å². The molecule has 3 aromatic rings. The van der Waals surface area contributed by atoms with E-state index in [2.05, 4.69) is 5.32 Å². The summed E-state index contributed by atoms with van der Waals surface area (Å²) in [5.41, 5.74) is 0.611. The summed E-state index contributed by atoms with van der Waals surface area (Å²) in [7, 11) is -0.866. The van der Waals surface area contributed by atoms with E-state index in [9.17, 15) is 23.3 Å². The van der Waals surface area contributed by atoms with Gasteiger partial charge >= 0.3 is 5.97 Å². The van der Waals surface area contributed by atoms with Crippen molar-refractivity contribution in [3.8, 4) is 11.5 Å². The maximum atomic E-state index is 12.8. The molecule has 0 bridgehead atoms. The fourth-order valence-corrected chi connectivity index (χ4v) is 4.23. The van der Waals surface area contributed by atoms with Crippen molar-refractivity contribution < 1.29 is 27.6 Å². The van der Waals surface area contributed by atoms with E-state index in [4.69, 9.17) is 9.47 Å². The SMILES string of the molecule is COc1ccc(S(=O)(=O)N(C)c2ccc(OC(=O)CCNc3ccccc3[N+](=O)[O-])cc2)cc1. The van der Waals surface area contributed by atoms with Gasteiger partial charge < -0.3 is 14.8 Å². The monoisotopic (exact) mass is 485 g/mol. The lowest BCUT2D eigenvalue weighted by Gasteiger charge is -2.20. The number of esters is 1. The molecular weight excluding hydrogens is 462 g/mol. The van der Waals surface area contributed by atoms with Gasteiger partial charge in [-0.05, 0) is 54.6 Å². The van der Waals surface area contributed by atoms with Crippen LogP contribution in [0.1, 0.15) is 6.42 Å². The molecule has 0 saturated carbocycles. The van der Waals surface area contributed by atoms with Crippen LogP contribution >= 0.6 is 0 Å². The largest absolute Gasteiger partial charge is 0.497 e. The van der Waals surface area contributed by atoms with E-state index in [0.717, 1.165) is 4.31 Å². The maximum absolute atomic E-state index is 12.8. The smallest absolute Gasteiger partial charge is 0.312 e. The molecule has 0 amide bonds. The van der Waals surface area contributed by atoms with Gasteiger partial charge in [0.05, 0.1) is 29.0 Å². The Morgan fingerprint density at radius 1 is 1.00 bits per heavy atom. The molecule has 0 radical (unpaired) electrons. The zero-order chi connectivity index (χ0) is 24.7. The molecule has 0 heterocycles. The van der Waals surface area contributed by atoms with Crippen LogP contribution in [0.5, 0.6) is 11.5 Å². The molecule has 0 aromatic heterocycles. The van der Waals surface area contributed by atoms with Gasteiger partial charge in [0, 0.05) is 19.7 Å². The number of methoxy groups -OCH3 is 1. The number of nitro groups is 1. The zero-order valence-electron chi connectivity index (χ0n) is 18.5. The number of ether oxygens (including phenoxy) is 2. The van der Waals surface area contributed by atoms with Gasteiger partial charge in [-0.3, -0.25) is 19.2 Å². The van der Waals surface area contributed by atoms with E-state index in [-0.39, 0.29) is 29.3 Å². The molecule has 178 valence electrons. The lowest BCUT2D eigenvalue weighted by Crippen LogP contribution is -2.26. The number of nitrogens with one attached hydrogen (secondary N) is 1. The third-order valence-electron chi connectivity index (χ3n) is 4.90. The van der Waals surface area contributed by atoms with E-state index >= 15 is 0 Å². The highest BCUT2D eigenvalue weighted by Crippen LogP contribution is 2.26. The van der Waals surface area contributed by atoms with E-state index in [1.807, 2.05) is 0 Å². The van der Waals surface area contributed by atoms with Gasteiger partial charge in [0.2, 0.25) is 0 Å². The number of nitrogens with zero attached hydrogens (tertiary/aromatic N) is 2. The molecule has 0 fully saturated rings. The van der Waals surface area contributed by atoms with Gasteiger partial charge in [0.15, 0.2) is 0 Å². The minimum absolute atomic E-state index is 0.0282. The topological polar surface area (TPSA) is 128 Å². The van der Waals surface area contributed by atoms with Crippen molar-refractivity contribution in [2.45, 2.75) is 11.3 Å². The Labute approximate surface area is 196 Å². The van der Waals surface area contributed by atoms with Crippen LogP contribution in [0, 0.1) is 10.1 Å². The summed E-state index contributed by atoms with van der Waals surface area (Å²) < 4.78 is 37.1. The number of rotatable bonds is 10. The zero-order valence-corrected chi connectivity index (χ0v) is 19.3. The lowest BCUT2D eigenvalue weighted by atomic mass is 10.2. The van der Waals surface area contributed by atoms with Crippen molar-refractivity contribution >= 4 is 33.1 Å². The summed E-state index contributed by atoms with van der Waals surface area (Å²) in [5.74, 6) is 0.248. The van der Waals surface area contributed by atoms with Crippen LogP contribution in [-0.4, -0.2) is 40.0 Å². The van der Waals surface area contributed by atoms with Gasteiger partial charge in [-0.15, -0.1) is 0 Å². The number of hydrogen-bond acceptors (Lipinski definition) is 8. The average molecular weight is 486 g/mol. The molecule has 10 nitrogen and oxygen atoms in total. The first-order valence-electron chi connectivity index (χ1n) is 10.1. The number of para-hydroxylation sites is 2. The summed E-state index contributed by atoms with van der Waals surface area (Å²) in [6.07, 6.45) is -0.0282. The van der Waals surface area contributed by atoms with Gasteiger partial charge in [-0.25, -0.2) is 8.42 Å². The second-order valence-corrected chi connectivity index (χ2v) is 9.04. The van der Waals surface area contributed by atoms with Crippen molar-refractivity contribution in [2.75, 3.05) is 30.3 Å². The summed E-state index contributed by atoms with van der Waals surface area (Å²) in [4.78, 5) is 22.8. The number of hydrogen-bond donors (Lipinski definition) is 1. The van der Waals surface area contributed by atoms with Gasteiger partial charge in [-0.1, -0.05) is 12.1 Å². The maximum Gasteiger partial charge on any atom is 0.312 e. The average Bonchev–Trinajstić information content (AvgIpc) is 2.84. The molecule has 0 aliphatic heterocycles. The molecule has 34 heavy (non-hydrogen) atoms. The number of anilines is 2. The molecule has 0 saturated heterocycles. The van der Waals surface area contributed by atoms with Crippen molar-refractivity contribution in [3.63, 3.8) is 0 Å². The lowest BCUT2D eigenvalue weighted by molar-refractivity contribution is -0.384. The fourth-order valence-electron chi connectivity index (χ4n) is 3.03. The molecule has 3 aromatic carbocycles. The third-order valence-corrected chi connectivity index (χ3v) is 6.69. The summed E-state index contributed by atoms with van der Waals surface area (Å²) in [6, 6.07) is 18.2. The molecule has 1 N–H and O–H groups in total. The quantitative estimate of drug-likeness (QED) is 0.199. The molecular formula is C23H23N3O7S.